The van der Waals surface area contributed by atoms with E-state index in [2.05, 4.69) is 22.2 Å². The van der Waals surface area contributed by atoms with Crippen LogP contribution in [0.15, 0.2) is 24.3 Å². The maximum absolute atomic E-state index is 13.1. The third kappa shape index (κ3) is 5.27. The lowest BCUT2D eigenvalue weighted by Gasteiger charge is -2.49. The van der Waals surface area contributed by atoms with Gasteiger partial charge in [0, 0.05) is 31.1 Å². The molecule has 0 spiro atoms. The first-order valence-corrected chi connectivity index (χ1v) is 10.0. The molecule has 1 aromatic carbocycles. The second-order valence-electron chi connectivity index (χ2n) is 8.08. The zero-order valence-corrected chi connectivity index (χ0v) is 16.5. The molecule has 5 nitrogen and oxygen atoms in total. The van der Waals surface area contributed by atoms with E-state index in [9.17, 15) is 9.18 Å². The van der Waals surface area contributed by atoms with Crippen molar-refractivity contribution in [2.24, 2.45) is 5.92 Å². The van der Waals surface area contributed by atoms with Crippen molar-refractivity contribution in [2.45, 2.75) is 31.7 Å². The topological polar surface area (TPSA) is 44.8 Å². The van der Waals surface area contributed by atoms with E-state index in [-0.39, 0.29) is 23.2 Å². The minimum atomic E-state index is -0.245. The number of amides is 1. The van der Waals surface area contributed by atoms with Gasteiger partial charge in [0.2, 0.25) is 5.91 Å². The van der Waals surface area contributed by atoms with E-state index in [0.29, 0.717) is 13.0 Å². The fourth-order valence-electron chi connectivity index (χ4n) is 4.17. The molecule has 1 unspecified atom stereocenters. The Labute approximate surface area is 161 Å². The molecule has 1 atom stereocenters. The Hall–Kier alpha value is -1.50. The lowest BCUT2D eigenvalue weighted by Crippen LogP contribution is -2.62. The molecule has 0 bridgehead atoms. The summed E-state index contributed by atoms with van der Waals surface area (Å²) in [6.07, 6.45) is 2.76. The van der Waals surface area contributed by atoms with E-state index in [1.807, 2.05) is 6.92 Å². The Morgan fingerprint density at radius 2 is 1.81 bits per heavy atom. The summed E-state index contributed by atoms with van der Waals surface area (Å²) in [7, 11) is 2.16. The highest BCUT2D eigenvalue weighted by Gasteiger charge is 2.40. The number of benzene rings is 1. The van der Waals surface area contributed by atoms with Gasteiger partial charge in [0.15, 0.2) is 0 Å². The largest absolute Gasteiger partial charge is 0.379 e. The Kier molecular flexibility index (Phi) is 6.84. The highest BCUT2D eigenvalue weighted by molar-refractivity contribution is 5.78. The number of rotatable bonds is 6. The van der Waals surface area contributed by atoms with Crippen LogP contribution in [0.3, 0.4) is 0 Å². The first-order valence-electron chi connectivity index (χ1n) is 10.0. The van der Waals surface area contributed by atoms with Crippen LogP contribution in [0, 0.1) is 11.7 Å². The summed E-state index contributed by atoms with van der Waals surface area (Å²) >= 11 is 0. The van der Waals surface area contributed by atoms with Gasteiger partial charge in [0.05, 0.1) is 13.2 Å². The third-order valence-corrected chi connectivity index (χ3v) is 6.09. The molecule has 27 heavy (non-hydrogen) atoms. The van der Waals surface area contributed by atoms with Crippen LogP contribution in [-0.2, 0) is 16.0 Å². The summed E-state index contributed by atoms with van der Waals surface area (Å²) in [6.45, 7) is 8.15. The van der Waals surface area contributed by atoms with Gasteiger partial charge in [-0.15, -0.1) is 0 Å². The molecule has 1 aromatic rings. The van der Waals surface area contributed by atoms with Crippen LogP contribution in [0.2, 0.25) is 0 Å². The molecule has 0 saturated carbocycles. The summed E-state index contributed by atoms with van der Waals surface area (Å²) in [5, 5.41) is 3.22. The number of morpholine rings is 1. The van der Waals surface area contributed by atoms with E-state index in [1.54, 1.807) is 12.1 Å². The molecular weight excluding hydrogens is 345 g/mol. The Morgan fingerprint density at radius 1 is 1.19 bits per heavy atom. The lowest BCUT2D eigenvalue weighted by molar-refractivity contribution is -0.125. The molecule has 1 N–H and O–H groups in total. The minimum Gasteiger partial charge on any atom is -0.379 e. The number of halogens is 1. The number of nitrogens with one attached hydrogen (secondary N) is 1. The van der Waals surface area contributed by atoms with Crippen LogP contribution < -0.4 is 5.32 Å². The van der Waals surface area contributed by atoms with E-state index in [1.165, 1.54) is 12.1 Å². The Morgan fingerprint density at radius 3 is 2.44 bits per heavy atom. The monoisotopic (exact) mass is 377 g/mol. The number of likely N-dealkylation sites (tertiary alicyclic amines) is 1. The zero-order chi connectivity index (χ0) is 19.3. The normalized spacial score (nSPS) is 22.3. The first-order chi connectivity index (χ1) is 13.0. The van der Waals surface area contributed by atoms with Gasteiger partial charge in [-0.1, -0.05) is 19.1 Å². The van der Waals surface area contributed by atoms with Crippen LogP contribution in [0.1, 0.15) is 25.3 Å². The molecule has 6 heteroatoms. The number of nitrogens with zero attached hydrogens (tertiary/aromatic N) is 2. The van der Waals surface area contributed by atoms with Crippen LogP contribution in [-0.4, -0.2) is 74.2 Å². The Balaban J connectivity index is 1.58. The number of hydrogen-bond acceptors (Lipinski definition) is 4. The van der Waals surface area contributed by atoms with Crippen LogP contribution in [0.4, 0.5) is 4.39 Å². The molecule has 2 fully saturated rings. The molecule has 3 rings (SSSR count). The van der Waals surface area contributed by atoms with E-state index in [4.69, 9.17) is 4.74 Å². The van der Waals surface area contributed by atoms with Crippen molar-refractivity contribution >= 4 is 5.91 Å². The molecule has 1 amide bonds. The van der Waals surface area contributed by atoms with Crippen LogP contribution in [0.25, 0.3) is 0 Å². The summed E-state index contributed by atoms with van der Waals surface area (Å²) in [5.74, 6) is -0.306. The summed E-state index contributed by atoms with van der Waals surface area (Å²) in [5.41, 5.74) is 1.02. The number of piperidine rings is 1. The predicted octanol–water partition coefficient (Wildman–Crippen LogP) is 1.92. The standard InChI is InChI=1S/C21H32FN3O2/c1-17(15-18-3-5-19(22)6-4-18)20(26)23-16-21(7-9-24(2)10-8-21)25-11-13-27-14-12-25/h3-6,17H,7-16H2,1-2H3,(H,23,26). The van der Waals surface area contributed by atoms with Gasteiger partial charge in [-0.3, -0.25) is 9.69 Å². The van der Waals surface area contributed by atoms with Crippen molar-refractivity contribution in [3.63, 3.8) is 0 Å². The number of carbonyl (C=O) groups is 1. The fraction of sp³-hybridized carbons (Fsp3) is 0.667. The highest BCUT2D eigenvalue weighted by atomic mass is 19.1. The van der Waals surface area contributed by atoms with Crippen molar-refractivity contribution in [3.05, 3.63) is 35.6 Å². The van der Waals surface area contributed by atoms with Crippen molar-refractivity contribution in [2.75, 3.05) is 53.0 Å². The second kappa shape index (κ2) is 9.13. The van der Waals surface area contributed by atoms with Crippen LogP contribution >= 0.6 is 0 Å². The molecule has 2 aliphatic rings. The molecule has 150 valence electrons. The Bertz CT molecular complexity index is 608. The average Bonchev–Trinajstić information content (AvgIpc) is 2.70. The molecule has 0 aromatic heterocycles. The lowest BCUT2D eigenvalue weighted by atomic mass is 9.85. The van der Waals surface area contributed by atoms with E-state index < -0.39 is 0 Å². The average molecular weight is 378 g/mol. The third-order valence-electron chi connectivity index (χ3n) is 6.09. The zero-order valence-electron chi connectivity index (χ0n) is 16.5. The molecular formula is C21H32FN3O2. The predicted molar refractivity (Wildman–Crippen MR) is 104 cm³/mol. The molecule has 0 aliphatic carbocycles. The van der Waals surface area contributed by atoms with Crippen LogP contribution in [0.5, 0.6) is 0 Å². The quantitative estimate of drug-likeness (QED) is 0.823. The smallest absolute Gasteiger partial charge is 0.223 e. The summed E-state index contributed by atoms with van der Waals surface area (Å²) in [4.78, 5) is 17.6. The molecule has 0 radical (unpaired) electrons. The number of ether oxygens (including phenoxy) is 1. The van der Waals surface area contributed by atoms with Crippen molar-refractivity contribution in [1.82, 2.24) is 15.1 Å². The number of carbonyl (C=O) groups excluding carboxylic acids is 1. The van der Waals surface area contributed by atoms with Crippen molar-refractivity contribution in [1.29, 1.82) is 0 Å². The molecule has 2 aliphatic heterocycles. The van der Waals surface area contributed by atoms with Crippen molar-refractivity contribution in [3.8, 4) is 0 Å². The highest BCUT2D eigenvalue weighted by Crippen LogP contribution is 2.29. The van der Waals surface area contributed by atoms with Gasteiger partial charge in [-0.2, -0.15) is 0 Å². The van der Waals surface area contributed by atoms with Gasteiger partial charge in [-0.25, -0.2) is 4.39 Å². The van der Waals surface area contributed by atoms with Gasteiger partial charge in [0.1, 0.15) is 5.82 Å². The maximum Gasteiger partial charge on any atom is 0.223 e. The van der Waals surface area contributed by atoms with Gasteiger partial charge >= 0.3 is 0 Å². The SMILES string of the molecule is CC(Cc1ccc(F)cc1)C(=O)NCC1(N2CCOCC2)CCN(C)CC1. The van der Waals surface area contributed by atoms with Gasteiger partial charge in [0.25, 0.3) is 0 Å². The summed E-state index contributed by atoms with van der Waals surface area (Å²) in [6, 6.07) is 6.41. The van der Waals surface area contributed by atoms with Gasteiger partial charge < -0.3 is 15.0 Å². The molecule has 2 heterocycles. The van der Waals surface area contributed by atoms with E-state index in [0.717, 1.165) is 57.8 Å². The van der Waals surface area contributed by atoms with Gasteiger partial charge in [-0.05, 0) is 57.1 Å². The molecule has 2 saturated heterocycles. The fourth-order valence-corrected chi connectivity index (χ4v) is 4.17. The summed E-state index contributed by atoms with van der Waals surface area (Å²) < 4.78 is 18.6. The second-order valence-corrected chi connectivity index (χ2v) is 8.08. The number of hydrogen-bond donors (Lipinski definition) is 1. The maximum atomic E-state index is 13.1. The minimum absolute atomic E-state index is 0.0293. The van der Waals surface area contributed by atoms with Crippen molar-refractivity contribution < 1.29 is 13.9 Å². The van der Waals surface area contributed by atoms with E-state index >= 15 is 0 Å². The first kappa shape index (κ1) is 20.2.